The maximum Gasteiger partial charge on any atom is 0.203 e. The van der Waals surface area contributed by atoms with Crippen molar-refractivity contribution >= 4 is 5.95 Å². The minimum absolute atomic E-state index is 0.802. The molecule has 4 nitrogen and oxygen atoms in total. The summed E-state index contributed by atoms with van der Waals surface area (Å²) in [6.07, 6.45) is 5.76. The van der Waals surface area contributed by atoms with E-state index in [-0.39, 0.29) is 0 Å². The summed E-state index contributed by atoms with van der Waals surface area (Å²) in [7, 11) is 1.88. The van der Waals surface area contributed by atoms with Crippen LogP contribution in [-0.2, 0) is 6.54 Å². The summed E-state index contributed by atoms with van der Waals surface area (Å²) < 4.78 is 2.10. The van der Waals surface area contributed by atoms with Crippen LogP contribution in [0.4, 0.5) is 5.95 Å². The zero-order valence-corrected chi connectivity index (χ0v) is 9.86. The van der Waals surface area contributed by atoms with Gasteiger partial charge in [0.2, 0.25) is 5.95 Å². The lowest BCUT2D eigenvalue weighted by atomic mass is 10.1. The Hall–Kier alpha value is -1.84. The van der Waals surface area contributed by atoms with Crippen molar-refractivity contribution in [3.63, 3.8) is 0 Å². The quantitative estimate of drug-likeness (QED) is 0.853. The molecule has 2 aromatic heterocycles. The number of nitrogens with one attached hydrogen (secondary N) is 1. The van der Waals surface area contributed by atoms with Gasteiger partial charge >= 0.3 is 0 Å². The predicted octanol–water partition coefficient (Wildman–Crippen LogP) is 1.98. The minimum Gasteiger partial charge on any atom is -0.359 e. The first-order valence-corrected chi connectivity index (χ1v) is 5.31. The van der Waals surface area contributed by atoms with Crippen LogP contribution in [0.15, 0.2) is 24.7 Å². The van der Waals surface area contributed by atoms with Crippen LogP contribution < -0.4 is 5.32 Å². The van der Waals surface area contributed by atoms with Gasteiger partial charge in [-0.05, 0) is 31.0 Å². The van der Waals surface area contributed by atoms with Crippen molar-refractivity contribution in [2.75, 3.05) is 12.4 Å². The highest BCUT2D eigenvalue weighted by Gasteiger charge is 2.05. The van der Waals surface area contributed by atoms with Crippen LogP contribution in [0.5, 0.6) is 0 Å². The Balaban J connectivity index is 2.30. The lowest BCUT2D eigenvalue weighted by Gasteiger charge is -2.08. The Morgan fingerprint density at radius 1 is 1.38 bits per heavy atom. The van der Waals surface area contributed by atoms with Gasteiger partial charge in [-0.15, -0.1) is 0 Å². The van der Waals surface area contributed by atoms with Crippen LogP contribution in [-0.4, -0.2) is 21.6 Å². The van der Waals surface area contributed by atoms with Crippen LogP contribution in [0.1, 0.15) is 16.8 Å². The summed E-state index contributed by atoms with van der Waals surface area (Å²) in [6.45, 7) is 4.89. The van der Waals surface area contributed by atoms with Crippen molar-refractivity contribution in [3.8, 4) is 0 Å². The SMILES string of the molecule is CNc1nc(C)cn1Cc1cnccc1C. The van der Waals surface area contributed by atoms with Gasteiger partial charge in [-0.3, -0.25) is 4.98 Å². The Labute approximate surface area is 95.4 Å². The fourth-order valence-corrected chi connectivity index (χ4v) is 1.71. The number of anilines is 1. The monoisotopic (exact) mass is 216 g/mol. The molecule has 0 aliphatic heterocycles. The molecule has 0 atom stereocenters. The molecular weight excluding hydrogens is 200 g/mol. The standard InChI is InChI=1S/C12H16N4/c1-9-4-5-14-6-11(9)8-16-7-10(2)15-12(16)13-3/h4-7H,8H2,1-3H3,(H,13,15). The summed E-state index contributed by atoms with van der Waals surface area (Å²) in [6, 6.07) is 2.03. The van der Waals surface area contributed by atoms with E-state index in [4.69, 9.17) is 0 Å². The van der Waals surface area contributed by atoms with Crippen LogP contribution in [0, 0.1) is 13.8 Å². The number of aromatic nitrogens is 3. The Morgan fingerprint density at radius 3 is 2.88 bits per heavy atom. The van der Waals surface area contributed by atoms with Gasteiger partial charge in [-0.25, -0.2) is 4.98 Å². The zero-order chi connectivity index (χ0) is 11.5. The molecule has 16 heavy (non-hydrogen) atoms. The Kier molecular flexibility index (Phi) is 2.90. The molecule has 0 amide bonds. The summed E-state index contributed by atoms with van der Waals surface area (Å²) in [5.74, 6) is 0.890. The van der Waals surface area contributed by atoms with E-state index in [0.717, 1.165) is 18.2 Å². The van der Waals surface area contributed by atoms with E-state index < -0.39 is 0 Å². The van der Waals surface area contributed by atoms with E-state index in [9.17, 15) is 0 Å². The molecule has 84 valence electrons. The minimum atomic E-state index is 0.802. The molecule has 1 N–H and O–H groups in total. The molecule has 0 aliphatic rings. The Morgan fingerprint density at radius 2 is 2.19 bits per heavy atom. The van der Waals surface area contributed by atoms with E-state index in [1.54, 1.807) is 0 Å². The highest BCUT2D eigenvalue weighted by Crippen LogP contribution is 2.13. The molecule has 2 heterocycles. The average Bonchev–Trinajstić information content (AvgIpc) is 2.62. The van der Waals surface area contributed by atoms with Gasteiger partial charge < -0.3 is 9.88 Å². The lowest BCUT2D eigenvalue weighted by Crippen LogP contribution is -2.05. The van der Waals surface area contributed by atoms with Gasteiger partial charge in [0.25, 0.3) is 0 Å². The molecule has 0 bridgehead atoms. The molecule has 0 unspecified atom stereocenters. The third kappa shape index (κ3) is 2.05. The molecule has 0 radical (unpaired) electrons. The number of rotatable bonds is 3. The van der Waals surface area contributed by atoms with Crippen molar-refractivity contribution in [3.05, 3.63) is 41.5 Å². The number of hydrogen-bond acceptors (Lipinski definition) is 3. The maximum atomic E-state index is 4.39. The normalized spacial score (nSPS) is 10.4. The molecule has 0 saturated heterocycles. The van der Waals surface area contributed by atoms with Crippen molar-refractivity contribution < 1.29 is 0 Å². The molecule has 0 aromatic carbocycles. The smallest absolute Gasteiger partial charge is 0.203 e. The van der Waals surface area contributed by atoms with Crippen LogP contribution in [0.25, 0.3) is 0 Å². The molecule has 0 saturated carbocycles. The van der Waals surface area contributed by atoms with Crippen molar-refractivity contribution in [1.29, 1.82) is 0 Å². The van der Waals surface area contributed by atoms with Crippen molar-refractivity contribution in [1.82, 2.24) is 14.5 Å². The third-order valence-corrected chi connectivity index (χ3v) is 2.61. The molecule has 0 aliphatic carbocycles. The van der Waals surface area contributed by atoms with Crippen molar-refractivity contribution in [2.24, 2.45) is 0 Å². The first kappa shape index (κ1) is 10.7. The molecule has 2 aromatic rings. The first-order chi connectivity index (χ1) is 7.70. The lowest BCUT2D eigenvalue weighted by molar-refractivity contribution is 0.795. The van der Waals surface area contributed by atoms with Crippen LogP contribution in [0.3, 0.4) is 0 Å². The summed E-state index contributed by atoms with van der Waals surface area (Å²) >= 11 is 0. The van der Waals surface area contributed by atoms with Gasteiger partial charge in [-0.1, -0.05) is 0 Å². The second kappa shape index (κ2) is 4.35. The predicted molar refractivity (Wildman–Crippen MR) is 64.6 cm³/mol. The molecule has 0 fully saturated rings. The number of aryl methyl sites for hydroxylation is 2. The molecule has 2 rings (SSSR count). The fraction of sp³-hybridized carbons (Fsp3) is 0.333. The van der Waals surface area contributed by atoms with Crippen LogP contribution in [0.2, 0.25) is 0 Å². The molecule has 0 spiro atoms. The van der Waals surface area contributed by atoms with E-state index in [1.165, 1.54) is 11.1 Å². The third-order valence-electron chi connectivity index (χ3n) is 2.61. The van der Waals surface area contributed by atoms with E-state index >= 15 is 0 Å². The Bertz CT molecular complexity index is 488. The van der Waals surface area contributed by atoms with Gasteiger partial charge in [0, 0.05) is 25.6 Å². The zero-order valence-electron chi connectivity index (χ0n) is 9.86. The second-order valence-electron chi connectivity index (χ2n) is 3.89. The molecule has 4 heteroatoms. The van der Waals surface area contributed by atoms with Gasteiger partial charge in [0.05, 0.1) is 12.2 Å². The summed E-state index contributed by atoms with van der Waals surface area (Å²) in [5, 5.41) is 3.09. The average molecular weight is 216 g/mol. The van der Waals surface area contributed by atoms with Crippen LogP contribution >= 0.6 is 0 Å². The molecular formula is C12H16N4. The first-order valence-electron chi connectivity index (χ1n) is 5.31. The van der Waals surface area contributed by atoms with E-state index in [2.05, 4.69) is 26.8 Å². The fourth-order valence-electron chi connectivity index (χ4n) is 1.71. The highest BCUT2D eigenvalue weighted by atomic mass is 15.2. The maximum absolute atomic E-state index is 4.39. The number of hydrogen-bond donors (Lipinski definition) is 1. The van der Waals surface area contributed by atoms with Crippen molar-refractivity contribution in [2.45, 2.75) is 20.4 Å². The van der Waals surface area contributed by atoms with Gasteiger partial charge in [0.1, 0.15) is 0 Å². The summed E-state index contributed by atoms with van der Waals surface area (Å²) in [5.41, 5.74) is 3.49. The van der Waals surface area contributed by atoms with Gasteiger partial charge in [-0.2, -0.15) is 0 Å². The largest absolute Gasteiger partial charge is 0.359 e. The topological polar surface area (TPSA) is 42.7 Å². The van der Waals surface area contributed by atoms with E-state index in [1.807, 2.05) is 38.6 Å². The van der Waals surface area contributed by atoms with Gasteiger partial charge in [0.15, 0.2) is 0 Å². The van der Waals surface area contributed by atoms with E-state index in [0.29, 0.717) is 0 Å². The summed E-state index contributed by atoms with van der Waals surface area (Å²) in [4.78, 5) is 8.54. The highest BCUT2D eigenvalue weighted by molar-refractivity contribution is 5.30. The second-order valence-corrected chi connectivity index (χ2v) is 3.89. The number of pyridine rings is 1. The number of imidazole rings is 1. The number of nitrogens with zero attached hydrogens (tertiary/aromatic N) is 3.